The van der Waals surface area contributed by atoms with Gasteiger partial charge in [0.05, 0.1) is 0 Å². The molecule has 0 radical (unpaired) electrons. The maximum atomic E-state index is 10.7. The first-order valence-corrected chi connectivity index (χ1v) is 5.32. The largest absolute Gasteiger partial charge is 0.480 e. The summed E-state index contributed by atoms with van der Waals surface area (Å²) in [7, 11) is 0. The van der Waals surface area contributed by atoms with E-state index in [1.807, 2.05) is 42.5 Å². The lowest BCUT2D eigenvalue weighted by molar-refractivity contribution is -0.138. The normalized spacial score (nSPS) is 11.4. The highest BCUT2D eigenvalue weighted by Gasteiger charge is 2.13. The SMILES string of the molecule is Cl.N[C@H](C(=O)O)c1ccc(-c2ccccc2)cc1. The Hall–Kier alpha value is -1.84. The molecule has 3 N–H and O–H groups in total. The minimum Gasteiger partial charge on any atom is -0.480 e. The van der Waals surface area contributed by atoms with Crippen molar-refractivity contribution >= 4 is 18.4 Å². The highest BCUT2D eigenvalue weighted by atomic mass is 35.5. The second kappa shape index (κ2) is 6.19. The van der Waals surface area contributed by atoms with E-state index in [0.29, 0.717) is 5.56 Å². The molecule has 2 rings (SSSR count). The lowest BCUT2D eigenvalue weighted by Crippen LogP contribution is -2.20. The molecule has 3 nitrogen and oxygen atoms in total. The summed E-state index contributed by atoms with van der Waals surface area (Å²) >= 11 is 0. The van der Waals surface area contributed by atoms with Gasteiger partial charge in [-0.3, -0.25) is 4.79 Å². The van der Waals surface area contributed by atoms with E-state index < -0.39 is 12.0 Å². The van der Waals surface area contributed by atoms with E-state index in [4.69, 9.17) is 10.8 Å². The highest BCUT2D eigenvalue weighted by Crippen LogP contribution is 2.21. The second-order valence-electron chi connectivity index (χ2n) is 3.80. The summed E-state index contributed by atoms with van der Waals surface area (Å²) < 4.78 is 0. The predicted octanol–water partition coefficient (Wildman–Crippen LogP) is 2.86. The molecular formula is C14H14ClNO2. The number of hydrogen-bond acceptors (Lipinski definition) is 2. The monoisotopic (exact) mass is 263 g/mol. The van der Waals surface area contributed by atoms with Gasteiger partial charge in [0.25, 0.3) is 0 Å². The van der Waals surface area contributed by atoms with Crippen molar-refractivity contribution < 1.29 is 9.90 Å². The standard InChI is InChI=1S/C14H13NO2.ClH/c15-13(14(16)17)12-8-6-11(7-9-12)10-4-2-1-3-5-10;/h1-9,13H,15H2,(H,16,17);1H/t13-;/m0./s1. The van der Waals surface area contributed by atoms with Crippen LogP contribution in [0.4, 0.5) is 0 Å². The van der Waals surface area contributed by atoms with Crippen LogP contribution >= 0.6 is 12.4 Å². The van der Waals surface area contributed by atoms with Crippen LogP contribution in [0, 0.1) is 0 Å². The quantitative estimate of drug-likeness (QED) is 0.895. The molecule has 0 saturated carbocycles. The van der Waals surface area contributed by atoms with Crippen LogP contribution in [0.15, 0.2) is 54.6 Å². The molecule has 4 heteroatoms. The summed E-state index contributed by atoms with van der Waals surface area (Å²) in [6, 6.07) is 16.2. The molecule has 1 atom stereocenters. The number of hydrogen-bond donors (Lipinski definition) is 2. The van der Waals surface area contributed by atoms with Gasteiger partial charge in [-0.15, -0.1) is 12.4 Å². The van der Waals surface area contributed by atoms with Gasteiger partial charge < -0.3 is 10.8 Å². The zero-order valence-electron chi connectivity index (χ0n) is 9.61. The lowest BCUT2D eigenvalue weighted by atomic mass is 10.0. The molecule has 0 unspecified atom stereocenters. The predicted molar refractivity (Wildman–Crippen MR) is 73.7 cm³/mol. The molecule has 0 heterocycles. The van der Waals surface area contributed by atoms with Crippen LogP contribution in [-0.2, 0) is 4.79 Å². The average molecular weight is 264 g/mol. The first-order chi connectivity index (χ1) is 8.18. The first-order valence-electron chi connectivity index (χ1n) is 5.32. The van der Waals surface area contributed by atoms with Crippen molar-refractivity contribution in [1.29, 1.82) is 0 Å². The number of aliphatic carboxylic acids is 1. The number of carbonyl (C=O) groups is 1. The smallest absolute Gasteiger partial charge is 0.325 e. The Labute approximate surface area is 112 Å². The molecule has 0 spiro atoms. The Kier molecular flexibility index (Phi) is 4.89. The number of carboxylic acid groups (broad SMARTS) is 1. The lowest BCUT2D eigenvalue weighted by Gasteiger charge is -2.07. The van der Waals surface area contributed by atoms with Gasteiger partial charge in [-0.2, -0.15) is 0 Å². The van der Waals surface area contributed by atoms with Gasteiger partial charge in [-0.05, 0) is 16.7 Å². The number of nitrogens with two attached hydrogens (primary N) is 1. The van der Waals surface area contributed by atoms with Gasteiger partial charge in [0.2, 0.25) is 0 Å². The van der Waals surface area contributed by atoms with E-state index >= 15 is 0 Å². The zero-order valence-corrected chi connectivity index (χ0v) is 10.4. The van der Waals surface area contributed by atoms with Crippen LogP contribution in [0.25, 0.3) is 11.1 Å². The highest BCUT2D eigenvalue weighted by molar-refractivity contribution is 5.85. The van der Waals surface area contributed by atoms with Gasteiger partial charge in [-0.1, -0.05) is 54.6 Å². The third-order valence-electron chi connectivity index (χ3n) is 2.64. The maximum absolute atomic E-state index is 10.7. The van der Waals surface area contributed by atoms with E-state index in [1.54, 1.807) is 12.1 Å². The molecule has 2 aromatic rings. The third-order valence-corrected chi connectivity index (χ3v) is 2.64. The van der Waals surface area contributed by atoms with Crippen molar-refractivity contribution in [2.24, 2.45) is 5.73 Å². The minimum atomic E-state index is -1.02. The third kappa shape index (κ3) is 3.09. The molecule has 18 heavy (non-hydrogen) atoms. The van der Waals surface area contributed by atoms with Gasteiger partial charge in [0.1, 0.15) is 6.04 Å². The Morgan fingerprint density at radius 2 is 1.44 bits per heavy atom. The van der Waals surface area contributed by atoms with Crippen LogP contribution in [0.5, 0.6) is 0 Å². The topological polar surface area (TPSA) is 63.3 Å². The summed E-state index contributed by atoms with van der Waals surface area (Å²) in [5.41, 5.74) is 8.28. The van der Waals surface area contributed by atoms with Crippen molar-refractivity contribution in [3.63, 3.8) is 0 Å². The van der Waals surface area contributed by atoms with Crippen molar-refractivity contribution in [3.8, 4) is 11.1 Å². The van der Waals surface area contributed by atoms with Crippen LogP contribution in [0.1, 0.15) is 11.6 Å². The van der Waals surface area contributed by atoms with Crippen LogP contribution in [-0.4, -0.2) is 11.1 Å². The van der Waals surface area contributed by atoms with Crippen molar-refractivity contribution in [2.45, 2.75) is 6.04 Å². The molecule has 0 aliphatic rings. The molecule has 0 aliphatic carbocycles. The molecule has 0 saturated heterocycles. The molecular weight excluding hydrogens is 250 g/mol. The minimum absolute atomic E-state index is 0. The van der Waals surface area contributed by atoms with Crippen molar-refractivity contribution in [3.05, 3.63) is 60.2 Å². The maximum Gasteiger partial charge on any atom is 0.325 e. The average Bonchev–Trinajstić information content (AvgIpc) is 2.39. The van der Waals surface area contributed by atoms with Gasteiger partial charge >= 0.3 is 5.97 Å². The summed E-state index contributed by atoms with van der Waals surface area (Å²) in [4.78, 5) is 10.7. The van der Waals surface area contributed by atoms with Crippen LogP contribution in [0.2, 0.25) is 0 Å². The van der Waals surface area contributed by atoms with Gasteiger partial charge in [0.15, 0.2) is 0 Å². The fourth-order valence-electron chi connectivity index (χ4n) is 1.66. The number of halogens is 1. The Morgan fingerprint density at radius 1 is 0.944 bits per heavy atom. The molecule has 94 valence electrons. The van der Waals surface area contributed by atoms with E-state index in [9.17, 15) is 4.79 Å². The molecule has 0 amide bonds. The summed E-state index contributed by atoms with van der Waals surface area (Å²) in [5.74, 6) is -1.02. The Balaban J connectivity index is 0.00000162. The zero-order chi connectivity index (χ0) is 12.3. The van der Waals surface area contributed by atoms with Crippen molar-refractivity contribution in [2.75, 3.05) is 0 Å². The molecule has 0 fully saturated rings. The van der Waals surface area contributed by atoms with Crippen molar-refractivity contribution in [1.82, 2.24) is 0 Å². The molecule has 0 aliphatic heterocycles. The fraction of sp³-hybridized carbons (Fsp3) is 0.0714. The van der Waals surface area contributed by atoms with Gasteiger partial charge in [0, 0.05) is 0 Å². The number of benzene rings is 2. The van der Waals surface area contributed by atoms with E-state index in [1.165, 1.54) is 0 Å². The summed E-state index contributed by atoms with van der Waals surface area (Å²) in [6.07, 6.45) is 0. The fourth-order valence-corrected chi connectivity index (χ4v) is 1.66. The van der Waals surface area contributed by atoms with Gasteiger partial charge in [-0.25, -0.2) is 0 Å². The van der Waals surface area contributed by atoms with E-state index in [-0.39, 0.29) is 12.4 Å². The van der Waals surface area contributed by atoms with E-state index in [0.717, 1.165) is 11.1 Å². The van der Waals surface area contributed by atoms with Crippen LogP contribution in [0.3, 0.4) is 0 Å². The first kappa shape index (κ1) is 14.2. The number of carboxylic acids is 1. The molecule has 0 bridgehead atoms. The molecule has 0 aromatic heterocycles. The molecule has 2 aromatic carbocycles. The number of rotatable bonds is 3. The van der Waals surface area contributed by atoms with Crippen LogP contribution < -0.4 is 5.73 Å². The Bertz CT molecular complexity index is 511. The summed E-state index contributed by atoms with van der Waals surface area (Å²) in [5, 5.41) is 8.80. The Morgan fingerprint density at radius 3 is 1.94 bits per heavy atom. The van der Waals surface area contributed by atoms with E-state index in [2.05, 4.69) is 0 Å². The summed E-state index contributed by atoms with van der Waals surface area (Å²) in [6.45, 7) is 0. The second-order valence-corrected chi connectivity index (χ2v) is 3.80.